The predicted octanol–water partition coefficient (Wildman–Crippen LogP) is 1.70. The smallest absolute Gasteiger partial charge is 0.224 e. The summed E-state index contributed by atoms with van der Waals surface area (Å²) in [5, 5.41) is 11.1. The van der Waals surface area contributed by atoms with Gasteiger partial charge in [0.25, 0.3) is 0 Å². The van der Waals surface area contributed by atoms with Gasteiger partial charge in [0, 0.05) is 32.1 Å². The maximum atomic E-state index is 12.8. The summed E-state index contributed by atoms with van der Waals surface area (Å²) in [5.41, 5.74) is 1.34. The van der Waals surface area contributed by atoms with Crippen LogP contribution in [0.4, 0.5) is 0 Å². The van der Waals surface area contributed by atoms with E-state index in [1.165, 1.54) is 12.0 Å². The van der Waals surface area contributed by atoms with Gasteiger partial charge in [-0.1, -0.05) is 30.3 Å². The number of amides is 1. The topological polar surface area (TPSA) is 63.1 Å². The number of nitrogens with one attached hydrogen (secondary N) is 1. The van der Waals surface area contributed by atoms with Gasteiger partial charge in [-0.3, -0.25) is 9.69 Å². The molecule has 0 radical (unpaired) electrons. The van der Waals surface area contributed by atoms with Crippen molar-refractivity contribution in [1.29, 1.82) is 0 Å². The Morgan fingerprint density at radius 3 is 2.92 bits per heavy atom. The van der Waals surface area contributed by atoms with Crippen molar-refractivity contribution in [2.24, 2.45) is 13.0 Å². The Morgan fingerprint density at radius 1 is 1.32 bits per heavy atom. The minimum Gasteiger partial charge on any atom is -0.355 e. The SMILES string of the molecule is Cn1cnnc1CCNC(=O)[C@H]1C[C@@H](c2ccccc2)N2CCC[C@H]12. The van der Waals surface area contributed by atoms with Crippen molar-refractivity contribution in [3.8, 4) is 0 Å². The van der Waals surface area contributed by atoms with Gasteiger partial charge in [0.05, 0.1) is 5.92 Å². The molecule has 6 heteroatoms. The van der Waals surface area contributed by atoms with Crippen LogP contribution in [0.2, 0.25) is 0 Å². The van der Waals surface area contributed by atoms with Gasteiger partial charge in [0.15, 0.2) is 0 Å². The highest BCUT2D eigenvalue weighted by Crippen LogP contribution is 2.44. The zero-order valence-electron chi connectivity index (χ0n) is 14.6. The molecule has 0 spiro atoms. The lowest BCUT2D eigenvalue weighted by Crippen LogP contribution is -2.38. The first-order valence-electron chi connectivity index (χ1n) is 9.15. The zero-order chi connectivity index (χ0) is 17.2. The molecule has 1 aromatic heterocycles. The molecule has 3 heterocycles. The Bertz CT molecular complexity index is 728. The molecule has 2 aliphatic rings. The Hall–Kier alpha value is -2.21. The highest BCUT2D eigenvalue weighted by Gasteiger charge is 2.46. The van der Waals surface area contributed by atoms with Gasteiger partial charge in [-0.2, -0.15) is 0 Å². The van der Waals surface area contributed by atoms with Crippen LogP contribution in [0.3, 0.4) is 0 Å². The van der Waals surface area contributed by atoms with Crippen molar-refractivity contribution in [3.05, 3.63) is 48.0 Å². The molecule has 132 valence electrons. The summed E-state index contributed by atoms with van der Waals surface area (Å²) in [6, 6.07) is 11.4. The summed E-state index contributed by atoms with van der Waals surface area (Å²) in [4.78, 5) is 15.3. The van der Waals surface area contributed by atoms with Crippen LogP contribution in [0.25, 0.3) is 0 Å². The molecule has 0 aliphatic carbocycles. The first-order chi connectivity index (χ1) is 12.2. The van der Waals surface area contributed by atoms with Crippen LogP contribution in [0.15, 0.2) is 36.7 Å². The van der Waals surface area contributed by atoms with E-state index in [-0.39, 0.29) is 11.8 Å². The molecule has 25 heavy (non-hydrogen) atoms. The number of carbonyl (C=O) groups is 1. The second kappa shape index (κ2) is 6.96. The molecule has 3 atom stereocenters. The number of rotatable bonds is 5. The molecule has 2 fully saturated rings. The summed E-state index contributed by atoms with van der Waals surface area (Å²) in [7, 11) is 1.93. The Kier molecular flexibility index (Phi) is 4.53. The predicted molar refractivity (Wildman–Crippen MR) is 94.7 cm³/mol. The third kappa shape index (κ3) is 3.18. The van der Waals surface area contributed by atoms with Gasteiger partial charge in [0.2, 0.25) is 5.91 Å². The lowest BCUT2D eigenvalue weighted by atomic mass is 9.93. The van der Waals surface area contributed by atoms with Crippen molar-refractivity contribution < 1.29 is 4.79 Å². The largest absolute Gasteiger partial charge is 0.355 e. The van der Waals surface area contributed by atoms with E-state index in [2.05, 4.69) is 50.7 Å². The summed E-state index contributed by atoms with van der Waals surface area (Å²) in [5.74, 6) is 1.18. The van der Waals surface area contributed by atoms with E-state index in [0.717, 1.165) is 25.2 Å². The van der Waals surface area contributed by atoms with Crippen molar-refractivity contribution >= 4 is 5.91 Å². The van der Waals surface area contributed by atoms with E-state index < -0.39 is 0 Å². The van der Waals surface area contributed by atoms with Gasteiger partial charge in [-0.15, -0.1) is 10.2 Å². The van der Waals surface area contributed by atoms with Crippen LogP contribution >= 0.6 is 0 Å². The Morgan fingerprint density at radius 2 is 2.16 bits per heavy atom. The number of nitrogens with zero attached hydrogens (tertiary/aromatic N) is 4. The van der Waals surface area contributed by atoms with E-state index in [9.17, 15) is 4.79 Å². The van der Waals surface area contributed by atoms with Crippen molar-refractivity contribution in [2.75, 3.05) is 13.1 Å². The van der Waals surface area contributed by atoms with E-state index in [1.807, 2.05) is 11.6 Å². The van der Waals surface area contributed by atoms with Gasteiger partial charge in [-0.25, -0.2) is 0 Å². The average molecular weight is 339 g/mol. The molecule has 0 unspecified atom stereocenters. The minimum atomic E-state index is 0.0900. The molecule has 1 N–H and O–H groups in total. The highest BCUT2D eigenvalue weighted by molar-refractivity contribution is 5.80. The van der Waals surface area contributed by atoms with Crippen LogP contribution in [0, 0.1) is 5.92 Å². The van der Waals surface area contributed by atoms with Gasteiger partial charge in [0.1, 0.15) is 12.2 Å². The number of carbonyl (C=O) groups excluding carboxylic acids is 1. The van der Waals surface area contributed by atoms with Crippen LogP contribution in [0.5, 0.6) is 0 Å². The summed E-state index contributed by atoms with van der Waals surface area (Å²) >= 11 is 0. The summed E-state index contributed by atoms with van der Waals surface area (Å²) < 4.78 is 1.89. The van der Waals surface area contributed by atoms with Gasteiger partial charge < -0.3 is 9.88 Å². The maximum absolute atomic E-state index is 12.8. The summed E-state index contributed by atoms with van der Waals surface area (Å²) in [6.07, 6.45) is 5.65. The fourth-order valence-corrected chi connectivity index (χ4v) is 4.41. The second-order valence-corrected chi connectivity index (χ2v) is 7.12. The fraction of sp³-hybridized carbons (Fsp3) is 0.526. The van der Waals surface area contributed by atoms with Crippen LogP contribution < -0.4 is 5.32 Å². The van der Waals surface area contributed by atoms with Gasteiger partial charge >= 0.3 is 0 Å². The zero-order valence-corrected chi connectivity index (χ0v) is 14.6. The number of benzene rings is 1. The van der Waals surface area contributed by atoms with Crippen molar-refractivity contribution in [2.45, 2.75) is 37.8 Å². The van der Waals surface area contributed by atoms with Crippen molar-refractivity contribution in [3.63, 3.8) is 0 Å². The molecule has 4 rings (SSSR count). The first-order valence-corrected chi connectivity index (χ1v) is 9.15. The number of hydrogen-bond donors (Lipinski definition) is 1. The van der Waals surface area contributed by atoms with Crippen molar-refractivity contribution in [1.82, 2.24) is 25.0 Å². The number of hydrogen-bond acceptors (Lipinski definition) is 4. The monoisotopic (exact) mass is 339 g/mol. The van der Waals surface area contributed by atoms with E-state index in [1.54, 1.807) is 6.33 Å². The molecule has 2 aliphatic heterocycles. The molecule has 6 nitrogen and oxygen atoms in total. The average Bonchev–Trinajstić information content (AvgIpc) is 3.32. The third-order valence-electron chi connectivity index (χ3n) is 5.66. The molecule has 1 aromatic carbocycles. The Labute approximate surface area is 148 Å². The fourth-order valence-electron chi connectivity index (χ4n) is 4.41. The molecule has 0 saturated carbocycles. The highest BCUT2D eigenvalue weighted by atomic mass is 16.2. The van der Waals surface area contributed by atoms with E-state index in [4.69, 9.17) is 0 Å². The normalized spacial score (nSPS) is 25.9. The summed E-state index contributed by atoms with van der Waals surface area (Å²) in [6.45, 7) is 1.72. The van der Waals surface area contributed by atoms with E-state index >= 15 is 0 Å². The lowest BCUT2D eigenvalue weighted by Gasteiger charge is -2.24. The standard InChI is InChI=1S/C19H25N5O/c1-23-13-21-22-18(23)9-10-20-19(25)15-12-17(14-6-3-2-4-7-14)24-11-5-8-16(15)24/h2-4,6-7,13,15-17H,5,8-12H2,1H3,(H,20,25)/t15-,16+,17-/m0/s1. The number of fused-ring (bicyclic) bond motifs is 1. The molecule has 1 amide bonds. The van der Waals surface area contributed by atoms with Gasteiger partial charge in [-0.05, 0) is 31.4 Å². The lowest BCUT2D eigenvalue weighted by molar-refractivity contribution is -0.125. The van der Waals surface area contributed by atoms with Crippen LogP contribution in [-0.4, -0.2) is 44.7 Å². The van der Waals surface area contributed by atoms with E-state index in [0.29, 0.717) is 25.0 Å². The van der Waals surface area contributed by atoms with Crippen LogP contribution in [0.1, 0.15) is 36.7 Å². The molecule has 2 saturated heterocycles. The minimum absolute atomic E-state index is 0.0900. The quantitative estimate of drug-likeness (QED) is 0.901. The molecule has 2 aromatic rings. The molecular formula is C19H25N5O. The number of aromatic nitrogens is 3. The maximum Gasteiger partial charge on any atom is 0.224 e. The molecule has 0 bridgehead atoms. The van der Waals surface area contributed by atoms with Crippen LogP contribution in [-0.2, 0) is 18.3 Å². The Balaban J connectivity index is 1.40. The number of aryl methyl sites for hydroxylation is 1. The third-order valence-corrected chi connectivity index (χ3v) is 5.66. The first kappa shape index (κ1) is 16.3. The molecular weight excluding hydrogens is 314 g/mol. The second-order valence-electron chi connectivity index (χ2n) is 7.12.